The Labute approximate surface area is 229 Å². The molecule has 0 fully saturated rings. The number of phosphoric acid groups is 1. The molecule has 0 aliphatic heterocycles. The van der Waals surface area contributed by atoms with Gasteiger partial charge in [0.05, 0.1) is 21.5 Å². The number of hydrogen-bond donors (Lipinski definition) is 2. The van der Waals surface area contributed by atoms with Gasteiger partial charge in [0, 0.05) is 23.0 Å². The first-order valence-corrected chi connectivity index (χ1v) is 14.2. The van der Waals surface area contributed by atoms with E-state index < -0.39 is 39.9 Å². The number of carbonyl (C=O) groups excluding carboxylic acids is 1. The standard InChI is InChI=1S/C22H16Cl2N3O10PS/c1-13(28)25(16-3-2-4-17(12-16)36-37-38(31,32)33)26-20-11-15(24)7-10-19(20)21(29)27(22(26)30)39(34,35)18-8-5-14(23)6-9-18/h2-12H,1H3,(H2,31,32,33). The fourth-order valence-corrected chi connectivity index (χ4v) is 5.33. The van der Waals surface area contributed by atoms with E-state index in [2.05, 4.69) is 9.56 Å². The Hall–Kier alpha value is -3.49. The lowest BCUT2D eigenvalue weighted by Crippen LogP contribution is -2.51. The van der Waals surface area contributed by atoms with Crippen molar-refractivity contribution in [3.8, 4) is 5.75 Å². The molecule has 0 bridgehead atoms. The molecule has 0 unspecified atom stereocenters. The predicted octanol–water partition coefficient (Wildman–Crippen LogP) is 2.93. The van der Waals surface area contributed by atoms with Crippen molar-refractivity contribution < 1.29 is 37.1 Å². The highest BCUT2D eigenvalue weighted by Gasteiger charge is 2.29. The minimum absolute atomic E-state index is 0.000333. The van der Waals surface area contributed by atoms with E-state index in [0.29, 0.717) is 4.68 Å². The Bertz CT molecular complexity index is 1890. The number of rotatable bonds is 7. The van der Waals surface area contributed by atoms with Crippen molar-refractivity contribution in [2.75, 3.05) is 5.01 Å². The van der Waals surface area contributed by atoms with Crippen LogP contribution < -0.4 is 21.1 Å². The second-order valence-corrected chi connectivity index (χ2v) is 11.6. The Morgan fingerprint density at radius 1 is 0.974 bits per heavy atom. The van der Waals surface area contributed by atoms with Crippen LogP contribution in [0.15, 0.2) is 81.2 Å². The molecular weight excluding hydrogens is 600 g/mol. The van der Waals surface area contributed by atoms with E-state index in [9.17, 15) is 27.4 Å². The number of aromatic nitrogens is 2. The van der Waals surface area contributed by atoms with Crippen molar-refractivity contribution in [3.63, 3.8) is 0 Å². The first-order valence-electron chi connectivity index (χ1n) is 10.5. The van der Waals surface area contributed by atoms with Crippen LogP contribution >= 0.6 is 31.0 Å². The molecule has 0 saturated carbocycles. The minimum atomic E-state index is -5.04. The summed E-state index contributed by atoms with van der Waals surface area (Å²) in [6, 6.07) is 13.3. The van der Waals surface area contributed by atoms with Crippen LogP contribution in [-0.2, 0) is 24.1 Å². The highest BCUT2D eigenvalue weighted by molar-refractivity contribution is 7.90. The third-order valence-electron chi connectivity index (χ3n) is 5.10. The van der Waals surface area contributed by atoms with Crippen LogP contribution in [0.4, 0.5) is 5.69 Å². The van der Waals surface area contributed by atoms with Crippen molar-refractivity contribution in [1.82, 2.24) is 8.65 Å². The van der Waals surface area contributed by atoms with Crippen LogP contribution in [-0.4, -0.2) is 32.8 Å². The van der Waals surface area contributed by atoms with Gasteiger partial charge in [-0.2, -0.15) is 4.68 Å². The maximum absolute atomic E-state index is 13.8. The number of anilines is 1. The van der Waals surface area contributed by atoms with Gasteiger partial charge in [0.25, 0.3) is 15.6 Å². The van der Waals surface area contributed by atoms with Crippen LogP contribution in [0, 0.1) is 0 Å². The molecule has 2 N–H and O–H groups in total. The molecule has 0 atom stereocenters. The molecule has 1 amide bonds. The second kappa shape index (κ2) is 10.6. The van der Waals surface area contributed by atoms with Gasteiger partial charge in [-0.25, -0.2) is 22.8 Å². The zero-order valence-electron chi connectivity index (χ0n) is 19.5. The molecule has 1 heterocycles. The lowest BCUT2D eigenvalue weighted by Gasteiger charge is -2.26. The number of hydrogen-bond acceptors (Lipinski definition) is 8. The summed E-state index contributed by atoms with van der Waals surface area (Å²) < 4.78 is 42.6. The summed E-state index contributed by atoms with van der Waals surface area (Å²) in [6.45, 7) is 1.05. The van der Waals surface area contributed by atoms with E-state index >= 15 is 0 Å². The molecule has 0 aliphatic rings. The van der Waals surface area contributed by atoms with E-state index in [4.69, 9.17) is 33.0 Å². The number of nitrogens with zero attached hydrogens (tertiary/aromatic N) is 3. The molecular formula is C22H16Cl2N3O10PS. The van der Waals surface area contributed by atoms with Gasteiger partial charge in [0.2, 0.25) is 5.91 Å². The lowest BCUT2D eigenvalue weighted by molar-refractivity contribution is -0.122. The quantitative estimate of drug-likeness (QED) is 0.179. The molecule has 0 spiro atoms. The Balaban J connectivity index is 2.04. The van der Waals surface area contributed by atoms with E-state index in [1.165, 1.54) is 48.5 Å². The van der Waals surface area contributed by atoms with Gasteiger partial charge >= 0.3 is 13.5 Å². The predicted molar refractivity (Wildman–Crippen MR) is 140 cm³/mol. The third-order valence-corrected chi connectivity index (χ3v) is 7.53. The number of amides is 1. The van der Waals surface area contributed by atoms with Gasteiger partial charge in [-0.1, -0.05) is 33.9 Å². The summed E-state index contributed by atoms with van der Waals surface area (Å²) in [5.41, 5.74) is -2.99. The van der Waals surface area contributed by atoms with E-state index in [1.54, 1.807) is 0 Å². The Morgan fingerprint density at radius 2 is 1.62 bits per heavy atom. The van der Waals surface area contributed by atoms with Crippen molar-refractivity contribution in [2.45, 2.75) is 11.8 Å². The van der Waals surface area contributed by atoms with Gasteiger partial charge in [-0.15, -0.1) is 3.97 Å². The molecule has 3 aromatic carbocycles. The summed E-state index contributed by atoms with van der Waals surface area (Å²) in [5, 5.41) is 0.710. The highest BCUT2D eigenvalue weighted by Crippen LogP contribution is 2.37. The fraction of sp³-hybridized carbons (Fsp3) is 0.0455. The number of carbonyl (C=O) groups is 1. The van der Waals surface area contributed by atoms with E-state index in [0.717, 1.165) is 30.1 Å². The average Bonchev–Trinajstić information content (AvgIpc) is 2.85. The molecule has 1 aromatic heterocycles. The summed E-state index contributed by atoms with van der Waals surface area (Å²) in [5.74, 6) is -1.12. The summed E-state index contributed by atoms with van der Waals surface area (Å²) in [4.78, 5) is 62.0. The molecule has 17 heteroatoms. The smallest absolute Gasteiger partial charge is 0.327 e. The molecule has 39 heavy (non-hydrogen) atoms. The molecule has 13 nitrogen and oxygen atoms in total. The lowest BCUT2D eigenvalue weighted by atomic mass is 10.2. The maximum atomic E-state index is 13.8. The normalized spacial score (nSPS) is 11.9. The van der Waals surface area contributed by atoms with Crippen molar-refractivity contribution >= 4 is 63.5 Å². The van der Waals surface area contributed by atoms with Crippen molar-refractivity contribution in [1.29, 1.82) is 0 Å². The maximum Gasteiger partial charge on any atom is 0.505 e. The van der Waals surface area contributed by atoms with Crippen LogP contribution in [0.3, 0.4) is 0 Å². The summed E-state index contributed by atoms with van der Waals surface area (Å²) in [7, 11) is -9.85. The molecule has 0 aliphatic carbocycles. The Kier molecular flexibility index (Phi) is 7.74. The molecule has 0 radical (unpaired) electrons. The van der Waals surface area contributed by atoms with Crippen LogP contribution in [0.25, 0.3) is 10.9 Å². The van der Waals surface area contributed by atoms with E-state index in [1.807, 2.05) is 0 Å². The monoisotopic (exact) mass is 615 g/mol. The fourth-order valence-electron chi connectivity index (χ4n) is 3.56. The van der Waals surface area contributed by atoms with Gasteiger partial charge in [-0.05, 0) is 54.6 Å². The van der Waals surface area contributed by atoms with Crippen LogP contribution in [0.5, 0.6) is 5.75 Å². The van der Waals surface area contributed by atoms with Gasteiger partial charge in [-0.3, -0.25) is 9.59 Å². The van der Waals surface area contributed by atoms with Crippen LogP contribution in [0.2, 0.25) is 10.0 Å². The largest absolute Gasteiger partial charge is 0.505 e. The Morgan fingerprint density at radius 3 is 2.23 bits per heavy atom. The SMILES string of the molecule is CC(=O)N(c1cccc(OOP(=O)(O)O)c1)n1c(=O)n(S(=O)(=O)c2ccc(Cl)cc2)c(=O)c2ccc(Cl)cc21. The third kappa shape index (κ3) is 5.77. The first kappa shape index (κ1) is 28.5. The highest BCUT2D eigenvalue weighted by atomic mass is 35.5. The summed E-state index contributed by atoms with van der Waals surface area (Å²) in [6.07, 6.45) is 0. The first-order chi connectivity index (χ1) is 18.2. The average molecular weight is 616 g/mol. The minimum Gasteiger partial charge on any atom is -0.327 e. The van der Waals surface area contributed by atoms with Gasteiger partial charge in [0.1, 0.15) is 0 Å². The van der Waals surface area contributed by atoms with Crippen molar-refractivity contribution in [3.05, 3.63) is 97.6 Å². The molecule has 4 rings (SSSR count). The second-order valence-electron chi connectivity index (χ2n) is 7.76. The number of halogens is 2. The van der Waals surface area contributed by atoms with Crippen molar-refractivity contribution in [2.24, 2.45) is 0 Å². The number of benzene rings is 3. The topological polar surface area (TPSA) is 174 Å². The summed E-state index contributed by atoms with van der Waals surface area (Å²) >= 11 is 12.0. The number of fused-ring (bicyclic) bond motifs is 1. The molecule has 204 valence electrons. The molecule has 4 aromatic rings. The van der Waals surface area contributed by atoms with Gasteiger partial charge < -0.3 is 14.7 Å². The zero-order valence-corrected chi connectivity index (χ0v) is 22.7. The van der Waals surface area contributed by atoms with Gasteiger partial charge in [0.15, 0.2) is 5.75 Å². The molecule has 0 saturated heterocycles. The zero-order chi connectivity index (χ0) is 28.7. The van der Waals surface area contributed by atoms with Crippen LogP contribution in [0.1, 0.15) is 6.92 Å². The van der Waals surface area contributed by atoms with E-state index in [-0.39, 0.29) is 36.4 Å².